The van der Waals surface area contributed by atoms with Crippen molar-refractivity contribution < 1.29 is 14.7 Å². The average molecular weight is 326 g/mol. The van der Waals surface area contributed by atoms with Gasteiger partial charge in [-0.1, -0.05) is 35.2 Å². The minimum atomic E-state index is -1.04. The highest BCUT2D eigenvalue weighted by atomic mass is 79.9. The Bertz CT molecular complexity index is 495. The summed E-state index contributed by atoms with van der Waals surface area (Å²) in [7, 11) is 0. The third-order valence-electron chi connectivity index (χ3n) is 3.45. The summed E-state index contributed by atoms with van der Waals surface area (Å²) >= 11 is 3.23. The zero-order valence-electron chi connectivity index (χ0n) is 10.5. The van der Waals surface area contributed by atoms with Gasteiger partial charge in [-0.05, 0) is 31.0 Å². The third kappa shape index (κ3) is 3.56. The summed E-state index contributed by atoms with van der Waals surface area (Å²) in [6.07, 6.45) is 5.12. The lowest BCUT2D eigenvalue weighted by molar-refractivity contribution is -0.120. The smallest absolute Gasteiger partial charge is 0.337 e. The Morgan fingerprint density at radius 3 is 2.53 bits per heavy atom. The van der Waals surface area contributed by atoms with Crippen LogP contribution in [-0.2, 0) is 4.79 Å². The molecular weight excluding hydrogens is 310 g/mol. The van der Waals surface area contributed by atoms with Crippen LogP contribution in [0.3, 0.4) is 0 Å². The van der Waals surface area contributed by atoms with Crippen molar-refractivity contribution in [1.82, 2.24) is 0 Å². The van der Waals surface area contributed by atoms with Gasteiger partial charge in [-0.25, -0.2) is 4.79 Å². The molecule has 19 heavy (non-hydrogen) atoms. The minimum Gasteiger partial charge on any atom is -0.478 e. The van der Waals surface area contributed by atoms with Gasteiger partial charge >= 0.3 is 5.97 Å². The first-order chi connectivity index (χ1) is 9.08. The molecule has 1 aliphatic rings. The number of hydrogen-bond donors (Lipinski definition) is 2. The van der Waals surface area contributed by atoms with Crippen molar-refractivity contribution in [2.75, 3.05) is 5.32 Å². The number of carbonyl (C=O) groups excluding carboxylic acids is 1. The third-order valence-corrected chi connectivity index (χ3v) is 3.94. The lowest BCUT2D eigenvalue weighted by atomic mass is 9.88. The van der Waals surface area contributed by atoms with E-state index in [1.165, 1.54) is 12.5 Å². The Kier molecular flexibility index (Phi) is 4.58. The van der Waals surface area contributed by atoms with Gasteiger partial charge in [-0.15, -0.1) is 0 Å². The number of aromatic carboxylic acids is 1. The van der Waals surface area contributed by atoms with Crippen molar-refractivity contribution >= 4 is 33.5 Å². The molecule has 0 unspecified atom stereocenters. The Balaban J connectivity index is 2.13. The van der Waals surface area contributed by atoms with Crippen molar-refractivity contribution in [2.45, 2.75) is 32.1 Å². The lowest BCUT2D eigenvalue weighted by Gasteiger charge is -2.21. The van der Waals surface area contributed by atoms with Crippen LogP contribution < -0.4 is 5.32 Å². The molecule has 1 amide bonds. The highest BCUT2D eigenvalue weighted by Crippen LogP contribution is 2.26. The summed E-state index contributed by atoms with van der Waals surface area (Å²) in [5, 5.41) is 11.9. The molecule has 0 spiro atoms. The SMILES string of the molecule is O=C(O)c1cc(Br)ccc1NC(=O)C1CCCCC1. The van der Waals surface area contributed by atoms with E-state index in [2.05, 4.69) is 21.2 Å². The topological polar surface area (TPSA) is 66.4 Å². The maximum absolute atomic E-state index is 12.1. The molecule has 1 fully saturated rings. The van der Waals surface area contributed by atoms with E-state index in [0.717, 1.165) is 25.7 Å². The fourth-order valence-electron chi connectivity index (χ4n) is 2.40. The van der Waals surface area contributed by atoms with Crippen LogP contribution in [0, 0.1) is 5.92 Å². The molecule has 0 atom stereocenters. The maximum Gasteiger partial charge on any atom is 0.337 e. The molecule has 1 saturated carbocycles. The van der Waals surface area contributed by atoms with Crippen LogP contribution in [0.25, 0.3) is 0 Å². The largest absolute Gasteiger partial charge is 0.478 e. The number of carboxylic acids is 1. The molecule has 0 heterocycles. The number of rotatable bonds is 3. The number of nitrogens with one attached hydrogen (secondary N) is 1. The zero-order chi connectivity index (χ0) is 13.8. The molecule has 1 aromatic rings. The normalized spacial score (nSPS) is 16.1. The lowest BCUT2D eigenvalue weighted by Crippen LogP contribution is -2.25. The van der Waals surface area contributed by atoms with E-state index in [0.29, 0.717) is 10.2 Å². The fraction of sp³-hybridized carbons (Fsp3) is 0.429. The highest BCUT2D eigenvalue weighted by molar-refractivity contribution is 9.10. The Labute approximate surface area is 120 Å². The van der Waals surface area contributed by atoms with Gasteiger partial charge in [-0.3, -0.25) is 4.79 Å². The van der Waals surface area contributed by atoms with Crippen LogP contribution in [0.4, 0.5) is 5.69 Å². The standard InChI is InChI=1S/C14H16BrNO3/c15-10-6-7-12(11(8-10)14(18)19)16-13(17)9-4-2-1-3-5-9/h6-9H,1-5H2,(H,16,17)(H,18,19). The van der Waals surface area contributed by atoms with E-state index in [1.54, 1.807) is 12.1 Å². The van der Waals surface area contributed by atoms with Crippen molar-refractivity contribution in [3.05, 3.63) is 28.2 Å². The molecule has 2 rings (SSSR count). The van der Waals surface area contributed by atoms with Gasteiger partial charge in [0.2, 0.25) is 5.91 Å². The van der Waals surface area contributed by atoms with Crippen molar-refractivity contribution in [3.8, 4) is 0 Å². The van der Waals surface area contributed by atoms with E-state index in [-0.39, 0.29) is 17.4 Å². The maximum atomic E-state index is 12.1. The number of carbonyl (C=O) groups is 2. The van der Waals surface area contributed by atoms with Crippen LogP contribution in [0.5, 0.6) is 0 Å². The molecule has 5 heteroatoms. The van der Waals surface area contributed by atoms with Crippen LogP contribution >= 0.6 is 15.9 Å². The number of amides is 1. The molecule has 0 aromatic heterocycles. The second-order valence-electron chi connectivity index (χ2n) is 4.82. The van der Waals surface area contributed by atoms with Gasteiger partial charge in [0.05, 0.1) is 11.3 Å². The minimum absolute atomic E-state index is 0.0130. The monoisotopic (exact) mass is 325 g/mol. The summed E-state index contributed by atoms with van der Waals surface area (Å²) in [5.74, 6) is -1.09. The molecule has 0 aliphatic heterocycles. The molecule has 0 radical (unpaired) electrons. The predicted molar refractivity (Wildman–Crippen MR) is 76.3 cm³/mol. The van der Waals surface area contributed by atoms with Gasteiger partial charge < -0.3 is 10.4 Å². The second kappa shape index (κ2) is 6.19. The number of hydrogen-bond acceptors (Lipinski definition) is 2. The summed E-state index contributed by atoms with van der Waals surface area (Å²) in [6.45, 7) is 0. The van der Waals surface area contributed by atoms with Gasteiger partial charge in [0.1, 0.15) is 0 Å². The first-order valence-corrected chi connectivity index (χ1v) is 7.21. The Hall–Kier alpha value is -1.36. The van der Waals surface area contributed by atoms with Gasteiger partial charge in [-0.2, -0.15) is 0 Å². The molecule has 102 valence electrons. The van der Waals surface area contributed by atoms with Crippen molar-refractivity contribution in [3.63, 3.8) is 0 Å². The zero-order valence-corrected chi connectivity index (χ0v) is 12.1. The fourth-order valence-corrected chi connectivity index (χ4v) is 2.76. The average Bonchev–Trinajstić information content (AvgIpc) is 2.41. The van der Waals surface area contributed by atoms with E-state index in [1.807, 2.05) is 0 Å². The molecule has 0 bridgehead atoms. The Morgan fingerprint density at radius 1 is 1.21 bits per heavy atom. The van der Waals surface area contributed by atoms with Crippen LogP contribution in [0.2, 0.25) is 0 Å². The van der Waals surface area contributed by atoms with Crippen LogP contribution in [-0.4, -0.2) is 17.0 Å². The van der Waals surface area contributed by atoms with Gasteiger partial charge in [0.15, 0.2) is 0 Å². The van der Waals surface area contributed by atoms with Crippen LogP contribution in [0.15, 0.2) is 22.7 Å². The summed E-state index contributed by atoms with van der Waals surface area (Å²) in [4.78, 5) is 23.3. The first-order valence-electron chi connectivity index (χ1n) is 6.41. The van der Waals surface area contributed by atoms with E-state index in [9.17, 15) is 9.59 Å². The molecule has 2 N–H and O–H groups in total. The van der Waals surface area contributed by atoms with Crippen molar-refractivity contribution in [1.29, 1.82) is 0 Å². The number of benzene rings is 1. The highest BCUT2D eigenvalue weighted by Gasteiger charge is 2.22. The molecule has 1 aliphatic carbocycles. The first kappa shape index (κ1) is 14.1. The predicted octanol–water partition coefficient (Wildman–Crippen LogP) is 3.67. The van der Waals surface area contributed by atoms with E-state index < -0.39 is 5.97 Å². The van der Waals surface area contributed by atoms with E-state index >= 15 is 0 Å². The van der Waals surface area contributed by atoms with Gasteiger partial charge in [0, 0.05) is 10.4 Å². The quantitative estimate of drug-likeness (QED) is 0.891. The summed E-state index contributed by atoms with van der Waals surface area (Å²) in [6, 6.07) is 4.84. The number of anilines is 1. The van der Waals surface area contributed by atoms with Gasteiger partial charge in [0.25, 0.3) is 0 Å². The Morgan fingerprint density at radius 2 is 1.89 bits per heavy atom. The molecular formula is C14H16BrNO3. The number of halogens is 1. The number of carboxylic acid groups (broad SMARTS) is 1. The van der Waals surface area contributed by atoms with Crippen LogP contribution in [0.1, 0.15) is 42.5 Å². The molecule has 0 saturated heterocycles. The summed E-state index contributed by atoms with van der Waals surface area (Å²) < 4.78 is 0.681. The molecule has 1 aromatic carbocycles. The summed E-state index contributed by atoms with van der Waals surface area (Å²) in [5.41, 5.74) is 0.477. The van der Waals surface area contributed by atoms with E-state index in [4.69, 9.17) is 5.11 Å². The second-order valence-corrected chi connectivity index (χ2v) is 5.73. The molecule has 4 nitrogen and oxygen atoms in total. The van der Waals surface area contributed by atoms with Crippen molar-refractivity contribution in [2.24, 2.45) is 5.92 Å².